The summed E-state index contributed by atoms with van der Waals surface area (Å²) in [7, 11) is -1.73. The highest BCUT2D eigenvalue weighted by Crippen LogP contribution is 2.34. The average molecular weight is 493 g/mol. The summed E-state index contributed by atoms with van der Waals surface area (Å²) >= 11 is 0. The Hall–Kier alpha value is -1.63. The molecule has 3 atom stereocenters. The molecule has 0 unspecified atom stereocenters. The molecule has 1 aromatic rings. The van der Waals surface area contributed by atoms with Gasteiger partial charge in [-0.1, -0.05) is 25.7 Å². The van der Waals surface area contributed by atoms with Gasteiger partial charge in [-0.2, -0.15) is 4.31 Å². The first kappa shape index (κ1) is 27.0. The number of rotatable bonds is 7. The van der Waals surface area contributed by atoms with Crippen molar-refractivity contribution in [1.29, 1.82) is 0 Å². The van der Waals surface area contributed by atoms with Crippen LogP contribution in [0.15, 0.2) is 23.1 Å². The molecule has 2 heterocycles. The number of hydrogen-bond acceptors (Lipinski definition) is 6. The highest BCUT2D eigenvalue weighted by atomic mass is 32.2. The molecule has 2 aliphatic heterocycles. The highest BCUT2D eigenvalue weighted by Gasteiger charge is 2.38. The van der Waals surface area contributed by atoms with E-state index in [1.807, 2.05) is 6.92 Å². The monoisotopic (exact) mass is 492 g/mol. The zero-order valence-corrected chi connectivity index (χ0v) is 21.8. The van der Waals surface area contributed by atoms with Crippen LogP contribution in [0.25, 0.3) is 0 Å². The van der Waals surface area contributed by atoms with Crippen molar-refractivity contribution in [2.75, 3.05) is 46.5 Å². The van der Waals surface area contributed by atoms with Crippen LogP contribution in [0.1, 0.15) is 52.0 Å². The SMILES string of the molecule is CCCC#Cc1ccc2c(c1)O[C@@H](CN(C)CC1CCOCC1)[C@@H](C)CN([C@H](C)CO)S2(=O)=O. The molecule has 2 aliphatic rings. The van der Waals surface area contributed by atoms with Crippen molar-refractivity contribution < 1.29 is 23.0 Å². The van der Waals surface area contributed by atoms with Crippen molar-refractivity contribution in [3.05, 3.63) is 23.8 Å². The number of hydrogen-bond donors (Lipinski definition) is 1. The molecule has 0 aliphatic carbocycles. The summed E-state index contributed by atoms with van der Waals surface area (Å²) in [4.78, 5) is 2.43. The maximum absolute atomic E-state index is 13.6. The molecule has 34 heavy (non-hydrogen) atoms. The average Bonchev–Trinajstić information content (AvgIpc) is 2.81. The molecule has 0 radical (unpaired) electrons. The molecule has 1 fully saturated rings. The molecular weight excluding hydrogens is 452 g/mol. The number of unbranched alkanes of at least 4 members (excludes halogenated alkanes) is 1. The van der Waals surface area contributed by atoms with Crippen LogP contribution in [-0.4, -0.2) is 81.4 Å². The van der Waals surface area contributed by atoms with Gasteiger partial charge in [-0.15, -0.1) is 0 Å². The number of aliphatic hydroxyl groups is 1. The van der Waals surface area contributed by atoms with Gasteiger partial charge in [0.15, 0.2) is 0 Å². The van der Waals surface area contributed by atoms with Crippen LogP contribution in [0.5, 0.6) is 5.75 Å². The van der Waals surface area contributed by atoms with Gasteiger partial charge in [0.05, 0.1) is 6.61 Å². The Morgan fingerprint density at radius 3 is 2.68 bits per heavy atom. The molecule has 1 N–H and O–H groups in total. The molecule has 1 saturated heterocycles. The lowest BCUT2D eigenvalue weighted by atomic mass is 9.98. The summed E-state index contributed by atoms with van der Waals surface area (Å²) in [6.07, 6.45) is 3.68. The quantitative estimate of drug-likeness (QED) is 0.590. The number of benzene rings is 1. The van der Waals surface area contributed by atoms with E-state index >= 15 is 0 Å². The van der Waals surface area contributed by atoms with E-state index in [0.717, 1.165) is 51.0 Å². The third kappa shape index (κ3) is 6.73. The molecule has 1 aromatic carbocycles. The van der Waals surface area contributed by atoms with E-state index in [4.69, 9.17) is 9.47 Å². The lowest BCUT2D eigenvalue weighted by Gasteiger charge is -2.38. The van der Waals surface area contributed by atoms with Crippen LogP contribution >= 0.6 is 0 Å². The minimum atomic E-state index is -3.83. The fourth-order valence-electron chi connectivity index (χ4n) is 4.56. The number of likely N-dealkylation sites (N-methyl/N-ethyl adjacent to an activating group) is 1. The summed E-state index contributed by atoms with van der Waals surface area (Å²) in [6.45, 7) is 9.16. The first-order valence-corrected chi connectivity index (χ1v) is 13.9. The lowest BCUT2D eigenvalue weighted by molar-refractivity contribution is 0.0402. The minimum absolute atomic E-state index is 0.0658. The zero-order chi connectivity index (χ0) is 24.7. The van der Waals surface area contributed by atoms with Gasteiger partial charge in [0.25, 0.3) is 0 Å². The van der Waals surface area contributed by atoms with Crippen LogP contribution in [0.4, 0.5) is 0 Å². The van der Waals surface area contributed by atoms with Crippen molar-refractivity contribution in [3.63, 3.8) is 0 Å². The van der Waals surface area contributed by atoms with Crippen LogP contribution in [0.3, 0.4) is 0 Å². The fraction of sp³-hybridized carbons (Fsp3) is 0.692. The molecule has 0 saturated carbocycles. The summed E-state index contributed by atoms with van der Waals surface area (Å²) in [5.74, 6) is 7.12. The van der Waals surface area contributed by atoms with Crippen LogP contribution in [0.2, 0.25) is 0 Å². The van der Waals surface area contributed by atoms with Gasteiger partial charge in [0, 0.05) is 56.8 Å². The third-order valence-corrected chi connectivity index (χ3v) is 8.70. The standard InChI is InChI=1S/C26H40N2O5S/c1-5-6-7-8-22-9-10-26-24(15-22)33-25(18-27(4)17-23-11-13-32-14-12-23)20(2)16-28(21(3)19-29)34(26,30)31/h9-10,15,20-21,23,25,29H,5-6,11-14,16-19H2,1-4H3/t20-,21+,25-/m0/s1. The van der Waals surface area contributed by atoms with Crippen LogP contribution in [-0.2, 0) is 14.8 Å². The molecule has 190 valence electrons. The van der Waals surface area contributed by atoms with E-state index in [9.17, 15) is 13.5 Å². The highest BCUT2D eigenvalue weighted by molar-refractivity contribution is 7.89. The molecule has 0 amide bonds. The number of ether oxygens (including phenoxy) is 2. The number of aliphatic hydroxyl groups excluding tert-OH is 1. The van der Waals surface area contributed by atoms with Crippen molar-refractivity contribution in [1.82, 2.24) is 9.21 Å². The fourth-order valence-corrected chi connectivity index (χ4v) is 6.39. The second-order valence-corrected chi connectivity index (χ2v) is 11.6. The van der Waals surface area contributed by atoms with Gasteiger partial charge in [-0.05, 0) is 57.4 Å². The summed E-state index contributed by atoms with van der Waals surface area (Å²) in [5, 5.41) is 9.80. The second-order valence-electron chi connectivity index (χ2n) is 9.73. The molecule has 0 spiro atoms. The van der Waals surface area contributed by atoms with E-state index in [0.29, 0.717) is 18.2 Å². The molecule has 0 bridgehead atoms. The van der Waals surface area contributed by atoms with E-state index in [1.54, 1.807) is 25.1 Å². The Bertz CT molecular complexity index is 965. The summed E-state index contributed by atoms with van der Waals surface area (Å²) in [6, 6.07) is 4.56. The van der Waals surface area contributed by atoms with Crippen molar-refractivity contribution in [2.24, 2.45) is 11.8 Å². The summed E-state index contributed by atoms with van der Waals surface area (Å²) in [5.41, 5.74) is 0.742. The number of fused-ring (bicyclic) bond motifs is 1. The van der Waals surface area contributed by atoms with Gasteiger partial charge < -0.3 is 19.5 Å². The third-order valence-electron chi connectivity index (χ3n) is 6.68. The molecule has 0 aromatic heterocycles. The van der Waals surface area contributed by atoms with E-state index in [-0.39, 0.29) is 30.1 Å². The zero-order valence-electron chi connectivity index (χ0n) is 21.0. The van der Waals surface area contributed by atoms with Gasteiger partial charge >= 0.3 is 0 Å². The number of nitrogens with zero attached hydrogens (tertiary/aromatic N) is 2. The first-order chi connectivity index (χ1) is 16.3. The topological polar surface area (TPSA) is 79.3 Å². The van der Waals surface area contributed by atoms with Crippen molar-refractivity contribution in [2.45, 2.75) is 63.5 Å². The molecular formula is C26H40N2O5S. The van der Waals surface area contributed by atoms with Crippen molar-refractivity contribution in [3.8, 4) is 17.6 Å². The maximum Gasteiger partial charge on any atom is 0.247 e. The smallest absolute Gasteiger partial charge is 0.247 e. The molecule has 8 heteroatoms. The Labute approximate surface area is 205 Å². The second kappa shape index (κ2) is 12.4. The Kier molecular flexibility index (Phi) is 9.81. The van der Waals surface area contributed by atoms with E-state index < -0.39 is 16.1 Å². The number of sulfonamides is 1. The Morgan fingerprint density at radius 1 is 1.26 bits per heavy atom. The largest absolute Gasteiger partial charge is 0.487 e. The first-order valence-electron chi connectivity index (χ1n) is 12.4. The Morgan fingerprint density at radius 2 is 2.00 bits per heavy atom. The molecule has 7 nitrogen and oxygen atoms in total. The van der Waals surface area contributed by atoms with E-state index in [2.05, 4.69) is 30.7 Å². The van der Waals surface area contributed by atoms with Gasteiger partial charge in [-0.25, -0.2) is 8.42 Å². The predicted octanol–water partition coefficient (Wildman–Crippen LogP) is 2.97. The van der Waals surface area contributed by atoms with Gasteiger partial charge in [0.1, 0.15) is 16.7 Å². The predicted molar refractivity (Wildman–Crippen MR) is 133 cm³/mol. The lowest BCUT2D eigenvalue weighted by Crippen LogP contribution is -2.50. The van der Waals surface area contributed by atoms with Crippen molar-refractivity contribution >= 4 is 10.0 Å². The van der Waals surface area contributed by atoms with E-state index in [1.165, 1.54) is 4.31 Å². The summed E-state index contributed by atoms with van der Waals surface area (Å²) < 4.78 is 40.5. The minimum Gasteiger partial charge on any atom is -0.487 e. The Balaban J connectivity index is 1.92. The van der Waals surface area contributed by atoms with Gasteiger partial charge in [-0.3, -0.25) is 0 Å². The van der Waals surface area contributed by atoms with Crippen LogP contribution in [0, 0.1) is 23.7 Å². The maximum atomic E-state index is 13.6. The normalized spacial score (nSPS) is 24.3. The van der Waals surface area contributed by atoms with Gasteiger partial charge in [0.2, 0.25) is 10.0 Å². The van der Waals surface area contributed by atoms with Crippen LogP contribution < -0.4 is 4.74 Å². The molecule has 3 rings (SSSR count).